The SMILES string of the molecule is CC(=O)N1N=C(c2ccc(C)o2)CC1c1ccccc1NS(=O)(=O)c1ccccc1. The molecular formula is C22H21N3O4S. The van der Waals surface area contributed by atoms with Crippen LogP contribution >= 0.6 is 0 Å². The van der Waals surface area contributed by atoms with Crippen molar-refractivity contribution in [2.75, 3.05) is 4.72 Å². The van der Waals surface area contributed by atoms with Gasteiger partial charge in [0.25, 0.3) is 10.0 Å². The van der Waals surface area contributed by atoms with Gasteiger partial charge in [0, 0.05) is 18.9 Å². The molecule has 4 rings (SSSR count). The Bertz CT molecular complexity index is 1220. The van der Waals surface area contributed by atoms with Crippen LogP contribution in [-0.2, 0) is 14.8 Å². The highest BCUT2D eigenvalue weighted by molar-refractivity contribution is 7.92. The quantitative estimate of drug-likeness (QED) is 0.669. The summed E-state index contributed by atoms with van der Waals surface area (Å²) in [6, 6.07) is 18.4. The molecule has 0 fully saturated rings. The molecule has 1 atom stereocenters. The number of hydrogen-bond donors (Lipinski definition) is 1. The molecule has 1 N–H and O–H groups in total. The van der Waals surface area contributed by atoms with Gasteiger partial charge in [-0.1, -0.05) is 36.4 Å². The van der Waals surface area contributed by atoms with Gasteiger partial charge in [-0.3, -0.25) is 9.52 Å². The van der Waals surface area contributed by atoms with E-state index in [2.05, 4.69) is 9.82 Å². The van der Waals surface area contributed by atoms with Crippen molar-refractivity contribution in [2.45, 2.75) is 31.2 Å². The molecule has 7 nitrogen and oxygen atoms in total. The Kier molecular flexibility index (Phi) is 5.17. The number of rotatable bonds is 5. The highest BCUT2D eigenvalue weighted by atomic mass is 32.2. The van der Waals surface area contributed by atoms with Gasteiger partial charge in [0.1, 0.15) is 17.2 Å². The zero-order chi connectivity index (χ0) is 21.3. The van der Waals surface area contributed by atoms with Crippen LogP contribution in [0.3, 0.4) is 0 Å². The maximum Gasteiger partial charge on any atom is 0.261 e. The molecule has 0 aliphatic carbocycles. The largest absolute Gasteiger partial charge is 0.460 e. The smallest absolute Gasteiger partial charge is 0.261 e. The number of hydrazone groups is 1. The van der Waals surface area contributed by atoms with Crippen LogP contribution in [0.2, 0.25) is 0 Å². The normalized spacial score (nSPS) is 16.4. The fourth-order valence-electron chi connectivity index (χ4n) is 3.47. The van der Waals surface area contributed by atoms with Crippen molar-refractivity contribution in [3.63, 3.8) is 0 Å². The van der Waals surface area contributed by atoms with Gasteiger partial charge in [-0.15, -0.1) is 0 Å². The molecule has 1 unspecified atom stereocenters. The Morgan fingerprint density at radius 2 is 1.77 bits per heavy atom. The van der Waals surface area contributed by atoms with E-state index < -0.39 is 16.1 Å². The molecule has 30 heavy (non-hydrogen) atoms. The van der Waals surface area contributed by atoms with E-state index in [1.165, 1.54) is 24.1 Å². The van der Waals surface area contributed by atoms with E-state index in [1.807, 2.05) is 25.1 Å². The van der Waals surface area contributed by atoms with Gasteiger partial charge in [-0.2, -0.15) is 5.10 Å². The van der Waals surface area contributed by atoms with Gasteiger partial charge in [0.15, 0.2) is 0 Å². The van der Waals surface area contributed by atoms with Gasteiger partial charge < -0.3 is 4.42 Å². The minimum Gasteiger partial charge on any atom is -0.460 e. The van der Waals surface area contributed by atoms with Crippen molar-refractivity contribution >= 4 is 27.3 Å². The number of benzene rings is 2. The molecule has 0 bridgehead atoms. The molecule has 0 saturated heterocycles. The lowest BCUT2D eigenvalue weighted by atomic mass is 9.99. The summed E-state index contributed by atoms with van der Waals surface area (Å²) in [5.41, 5.74) is 1.71. The van der Waals surface area contributed by atoms with Gasteiger partial charge in [0.05, 0.1) is 16.6 Å². The average Bonchev–Trinajstić information content (AvgIpc) is 3.35. The van der Waals surface area contributed by atoms with E-state index in [4.69, 9.17) is 4.42 Å². The van der Waals surface area contributed by atoms with Crippen LogP contribution in [-0.4, -0.2) is 25.0 Å². The first-order valence-corrected chi connectivity index (χ1v) is 10.9. The van der Waals surface area contributed by atoms with Crippen LogP contribution in [0.15, 0.2) is 81.1 Å². The van der Waals surface area contributed by atoms with Crippen LogP contribution < -0.4 is 4.72 Å². The lowest BCUT2D eigenvalue weighted by Gasteiger charge is -2.23. The first kappa shape index (κ1) is 19.9. The Morgan fingerprint density at radius 1 is 1.07 bits per heavy atom. The zero-order valence-corrected chi connectivity index (χ0v) is 17.4. The van der Waals surface area contributed by atoms with Gasteiger partial charge >= 0.3 is 0 Å². The van der Waals surface area contributed by atoms with E-state index in [1.54, 1.807) is 36.4 Å². The van der Waals surface area contributed by atoms with Gasteiger partial charge in [0.2, 0.25) is 5.91 Å². The Morgan fingerprint density at radius 3 is 2.43 bits per heavy atom. The van der Waals surface area contributed by atoms with Crippen molar-refractivity contribution in [1.82, 2.24) is 5.01 Å². The minimum absolute atomic E-state index is 0.164. The van der Waals surface area contributed by atoms with Crippen LogP contribution in [0.25, 0.3) is 0 Å². The number of carbonyl (C=O) groups excluding carboxylic acids is 1. The second-order valence-corrected chi connectivity index (χ2v) is 8.73. The maximum atomic E-state index is 12.8. The Balaban J connectivity index is 1.69. The summed E-state index contributed by atoms with van der Waals surface area (Å²) in [7, 11) is -3.77. The minimum atomic E-state index is -3.77. The molecule has 8 heteroatoms. The summed E-state index contributed by atoms with van der Waals surface area (Å²) in [4.78, 5) is 12.4. The summed E-state index contributed by atoms with van der Waals surface area (Å²) < 4.78 is 34.0. The van der Waals surface area contributed by atoms with E-state index >= 15 is 0 Å². The molecule has 0 spiro atoms. The van der Waals surface area contributed by atoms with Gasteiger partial charge in [-0.05, 0) is 37.3 Å². The van der Waals surface area contributed by atoms with Crippen LogP contribution in [0.4, 0.5) is 5.69 Å². The van der Waals surface area contributed by atoms with Crippen molar-refractivity contribution in [2.24, 2.45) is 5.10 Å². The fourth-order valence-corrected chi connectivity index (χ4v) is 4.57. The van der Waals surface area contributed by atoms with E-state index in [0.29, 0.717) is 29.1 Å². The monoisotopic (exact) mass is 423 g/mol. The molecule has 0 saturated carbocycles. The summed E-state index contributed by atoms with van der Waals surface area (Å²) in [6.45, 7) is 3.27. The first-order chi connectivity index (χ1) is 14.3. The third-order valence-corrected chi connectivity index (χ3v) is 6.26. The maximum absolute atomic E-state index is 12.8. The average molecular weight is 423 g/mol. The summed E-state index contributed by atoms with van der Waals surface area (Å²) >= 11 is 0. The predicted molar refractivity (Wildman–Crippen MR) is 114 cm³/mol. The summed E-state index contributed by atoms with van der Waals surface area (Å²) in [6.07, 6.45) is 0.413. The van der Waals surface area contributed by atoms with Crippen LogP contribution in [0, 0.1) is 6.92 Å². The Hall–Kier alpha value is -3.39. The second kappa shape index (κ2) is 7.79. The molecule has 1 amide bonds. The van der Waals surface area contributed by atoms with Crippen molar-refractivity contribution in [3.05, 3.63) is 83.8 Å². The third kappa shape index (κ3) is 3.86. The van der Waals surface area contributed by atoms with Crippen LogP contribution in [0.5, 0.6) is 0 Å². The molecule has 3 aromatic rings. The van der Waals surface area contributed by atoms with E-state index in [9.17, 15) is 13.2 Å². The topological polar surface area (TPSA) is 92.0 Å². The number of anilines is 1. The number of nitrogens with one attached hydrogen (secondary N) is 1. The lowest BCUT2D eigenvalue weighted by Crippen LogP contribution is -2.25. The molecular weight excluding hydrogens is 402 g/mol. The molecule has 1 aromatic heterocycles. The summed E-state index contributed by atoms with van der Waals surface area (Å²) in [5.74, 6) is 1.11. The molecule has 1 aliphatic heterocycles. The molecule has 2 aromatic carbocycles. The van der Waals surface area contributed by atoms with Crippen molar-refractivity contribution in [3.8, 4) is 0 Å². The second-order valence-electron chi connectivity index (χ2n) is 7.05. The molecule has 2 heterocycles. The lowest BCUT2D eigenvalue weighted by molar-refractivity contribution is -0.130. The van der Waals surface area contributed by atoms with Gasteiger partial charge in [-0.25, -0.2) is 13.4 Å². The number of furan rings is 1. The molecule has 0 radical (unpaired) electrons. The van der Waals surface area contributed by atoms with Crippen molar-refractivity contribution in [1.29, 1.82) is 0 Å². The number of carbonyl (C=O) groups is 1. The molecule has 154 valence electrons. The number of aryl methyl sites for hydroxylation is 1. The number of para-hydroxylation sites is 1. The zero-order valence-electron chi connectivity index (χ0n) is 16.6. The highest BCUT2D eigenvalue weighted by Crippen LogP contribution is 2.37. The Labute approximate surface area is 175 Å². The number of sulfonamides is 1. The highest BCUT2D eigenvalue weighted by Gasteiger charge is 2.34. The van der Waals surface area contributed by atoms with Crippen LogP contribution in [0.1, 0.15) is 36.5 Å². The van der Waals surface area contributed by atoms with E-state index in [0.717, 1.165) is 5.76 Å². The van der Waals surface area contributed by atoms with Crippen molar-refractivity contribution < 1.29 is 17.6 Å². The third-order valence-electron chi connectivity index (χ3n) is 4.88. The fraction of sp³-hybridized carbons (Fsp3) is 0.182. The number of hydrogen-bond acceptors (Lipinski definition) is 5. The van der Waals surface area contributed by atoms with E-state index in [-0.39, 0.29) is 10.8 Å². The number of amides is 1. The molecule has 1 aliphatic rings. The summed E-state index contributed by atoms with van der Waals surface area (Å²) in [5, 5.41) is 5.83. The predicted octanol–water partition coefficient (Wildman–Crippen LogP) is 4.09. The standard InChI is InChI=1S/C22H21N3O4S/c1-15-12-13-22(29-15)20-14-21(25(23-20)16(2)26)18-10-6-7-11-19(18)24-30(27,28)17-8-4-3-5-9-17/h3-13,21,24H,14H2,1-2H3. The number of nitrogens with zero attached hydrogens (tertiary/aromatic N) is 2. The first-order valence-electron chi connectivity index (χ1n) is 9.46.